The van der Waals surface area contributed by atoms with Crippen LogP contribution in [-0.2, 0) is 27.3 Å². The maximum Gasteiger partial charge on any atom is 0.410 e. The molecule has 0 unspecified atom stereocenters. The lowest BCUT2D eigenvalue weighted by Crippen LogP contribution is -2.37. The molecule has 3 aromatic rings. The molecule has 0 saturated carbocycles. The van der Waals surface area contributed by atoms with Gasteiger partial charge in [0.05, 0.1) is 23.3 Å². The SMILES string of the molecule is Cc1nc2cc(Cn3cccc(NC(=O)[C@H](CC/C=C/C(=O)N(C)C)OC(=O)N(C)C)c3=O)[nH]c2c(CC(C)C)c1F. The third-order valence-corrected chi connectivity index (χ3v) is 6.45. The highest BCUT2D eigenvalue weighted by Gasteiger charge is 2.24. The topological polar surface area (TPSA) is 130 Å². The van der Waals surface area contributed by atoms with Gasteiger partial charge in [-0.3, -0.25) is 14.4 Å². The van der Waals surface area contributed by atoms with Crippen molar-refractivity contribution in [3.05, 3.63) is 69.7 Å². The number of aromatic nitrogens is 3. The summed E-state index contributed by atoms with van der Waals surface area (Å²) in [5.74, 6) is -0.993. The highest BCUT2D eigenvalue weighted by molar-refractivity contribution is 5.95. The zero-order chi connectivity index (χ0) is 31.1. The number of anilines is 1. The maximum atomic E-state index is 14.9. The number of carbonyl (C=O) groups excluding carboxylic acids is 3. The lowest BCUT2D eigenvalue weighted by molar-refractivity contribution is -0.125. The number of amides is 3. The molecule has 3 aromatic heterocycles. The standard InChI is InChI=1S/C30H39FN6O5/c1-18(2)15-21-26(31)19(3)32-23-16-20(33-27(21)23)17-37-14-10-11-22(29(37)40)34-28(39)24(42-30(41)36(6)7)12-8-9-13-25(38)35(4)5/h9-11,13-14,16,18,24,33H,8,12,15,17H2,1-7H3,(H,34,39)/b13-9+/t24-/m0/s1. The van der Waals surface area contributed by atoms with Gasteiger partial charge in [0.1, 0.15) is 11.5 Å². The van der Waals surface area contributed by atoms with E-state index in [1.807, 2.05) is 13.8 Å². The summed E-state index contributed by atoms with van der Waals surface area (Å²) in [4.78, 5) is 60.6. The zero-order valence-corrected chi connectivity index (χ0v) is 25.2. The second-order valence-electron chi connectivity index (χ2n) is 11.0. The van der Waals surface area contributed by atoms with Gasteiger partial charge < -0.3 is 29.4 Å². The van der Waals surface area contributed by atoms with E-state index in [9.17, 15) is 23.6 Å². The predicted molar refractivity (Wildman–Crippen MR) is 159 cm³/mol. The Labute approximate surface area is 244 Å². The number of aromatic amines is 1. The van der Waals surface area contributed by atoms with Crippen molar-refractivity contribution in [2.45, 2.75) is 52.7 Å². The minimum Gasteiger partial charge on any atom is -0.436 e. The Morgan fingerprint density at radius 3 is 2.55 bits per heavy atom. The first-order valence-corrected chi connectivity index (χ1v) is 13.7. The molecule has 226 valence electrons. The highest BCUT2D eigenvalue weighted by Crippen LogP contribution is 2.25. The van der Waals surface area contributed by atoms with Crippen molar-refractivity contribution in [2.75, 3.05) is 33.5 Å². The Morgan fingerprint density at radius 2 is 1.90 bits per heavy atom. The predicted octanol–water partition coefficient (Wildman–Crippen LogP) is 3.85. The Morgan fingerprint density at radius 1 is 1.19 bits per heavy atom. The van der Waals surface area contributed by atoms with Gasteiger partial charge >= 0.3 is 6.09 Å². The van der Waals surface area contributed by atoms with Gasteiger partial charge in [-0.1, -0.05) is 19.9 Å². The minimum atomic E-state index is -1.20. The summed E-state index contributed by atoms with van der Waals surface area (Å²) < 4.78 is 21.6. The van der Waals surface area contributed by atoms with Crippen LogP contribution in [0.1, 0.15) is 43.6 Å². The van der Waals surface area contributed by atoms with Crippen LogP contribution in [0.25, 0.3) is 11.0 Å². The van der Waals surface area contributed by atoms with Gasteiger partial charge in [-0.05, 0) is 56.4 Å². The largest absolute Gasteiger partial charge is 0.436 e. The number of rotatable bonds is 11. The van der Waals surface area contributed by atoms with E-state index in [0.29, 0.717) is 34.4 Å². The lowest BCUT2D eigenvalue weighted by atomic mass is 10.0. The molecule has 11 nitrogen and oxygen atoms in total. The number of hydrogen-bond donors (Lipinski definition) is 2. The quantitative estimate of drug-likeness (QED) is 0.331. The van der Waals surface area contributed by atoms with Crippen molar-refractivity contribution in [1.29, 1.82) is 0 Å². The van der Waals surface area contributed by atoms with Gasteiger partial charge in [-0.15, -0.1) is 0 Å². The van der Waals surface area contributed by atoms with Crippen molar-refractivity contribution in [3.63, 3.8) is 0 Å². The molecule has 0 spiro atoms. The number of hydrogen-bond acceptors (Lipinski definition) is 6. The van der Waals surface area contributed by atoms with E-state index < -0.39 is 23.7 Å². The van der Waals surface area contributed by atoms with Crippen molar-refractivity contribution in [2.24, 2.45) is 5.92 Å². The molecule has 0 saturated heterocycles. The molecule has 3 amide bonds. The fraction of sp³-hybridized carbons (Fsp3) is 0.433. The number of likely N-dealkylation sites (N-methyl/N-ethyl adjacent to an activating group) is 1. The van der Waals surface area contributed by atoms with Crippen molar-refractivity contribution in [1.82, 2.24) is 24.3 Å². The number of fused-ring (bicyclic) bond motifs is 1. The van der Waals surface area contributed by atoms with Crippen LogP contribution in [0.3, 0.4) is 0 Å². The molecule has 3 rings (SSSR count). The average Bonchev–Trinajstić information content (AvgIpc) is 3.31. The summed E-state index contributed by atoms with van der Waals surface area (Å²) in [6.07, 6.45) is 3.54. The van der Waals surface area contributed by atoms with Gasteiger partial charge in [-0.2, -0.15) is 0 Å². The molecule has 0 aromatic carbocycles. The fourth-order valence-corrected chi connectivity index (χ4v) is 4.26. The smallest absolute Gasteiger partial charge is 0.410 e. The molecule has 0 aliphatic rings. The highest BCUT2D eigenvalue weighted by atomic mass is 19.1. The summed E-state index contributed by atoms with van der Waals surface area (Å²) in [6.45, 7) is 5.78. The van der Waals surface area contributed by atoms with Crippen LogP contribution in [0.15, 0.2) is 41.3 Å². The number of ether oxygens (including phenoxy) is 1. The zero-order valence-electron chi connectivity index (χ0n) is 25.2. The van der Waals surface area contributed by atoms with Gasteiger partial charge in [0.15, 0.2) is 6.10 Å². The van der Waals surface area contributed by atoms with E-state index in [2.05, 4.69) is 15.3 Å². The Balaban J connectivity index is 1.82. The normalized spacial score (nSPS) is 12.1. The van der Waals surface area contributed by atoms with Crippen molar-refractivity contribution in [3.8, 4) is 0 Å². The van der Waals surface area contributed by atoms with E-state index in [4.69, 9.17) is 4.74 Å². The van der Waals surface area contributed by atoms with E-state index in [1.165, 1.54) is 40.6 Å². The summed E-state index contributed by atoms with van der Waals surface area (Å²) in [7, 11) is 6.22. The van der Waals surface area contributed by atoms with Crippen LogP contribution < -0.4 is 10.9 Å². The molecule has 1 atom stereocenters. The first-order chi connectivity index (χ1) is 19.8. The van der Waals surface area contributed by atoms with Crippen molar-refractivity contribution >= 4 is 34.6 Å². The molecule has 2 N–H and O–H groups in total. The first-order valence-electron chi connectivity index (χ1n) is 13.7. The van der Waals surface area contributed by atoms with Gasteiger partial charge in [0.2, 0.25) is 5.91 Å². The second kappa shape index (κ2) is 13.9. The van der Waals surface area contributed by atoms with Crippen LogP contribution in [0, 0.1) is 18.7 Å². The Bertz CT molecular complexity index is 1540. The Kier molecular flexibility index (Phi) is 10.6. The lowest BCUT2D eigenvalue weighted by Gasteiger charge is -2.19. The molecular formula is C30H39FN6O5. The minimum absolute atomic E-state index is 0.00310. The molecule has 42 heavy (non-hydrogen) atoms. The molecule has 3 heterocycles. The molecule has 12 heteroatoms. The summed E-state index contributed by atoms with van der Waals surface area (Å²) >= 11 is 0. The second-order valence-corrected chi connectivity index (χ2v) is 11.0. The molecule has 0 aliphatic heterocycles. The molecule has 0 bridgehead atoms. The number of nitrogens with zero attached hydrogens (tertiary/aromatic N) is 4. The summed E-state index contributed by atoms with van der Waals surface area (Å²) in [5.41, 5.74) is 2.27. The number of pyridine rings is 2. The first kappa shape index (κ1) is 32.0. The van der Waals surface area contributed by atoms with E-state index >= 15 is 0 Å². The molecule has 0 aliphatic carbocycles. The number of H-pyrrole nitrogens is 1. The van der Waals surface area contributed by atoms with Gasteiger partial charge in [0.25, 0.3) is 11.5 Å². The van der Waals surface area contributed by atoms with Crippen LogP contribution >= 0.6 is 0 Å². The van der Waals surface area contributed by atoms with Crippen LogP contribution in [0.2, 0.25) is 0 Å². The number of nitrogens with one attached hydrogen (secondary N) is 2. The van der Waals surface area contributed by atoms with E-state index in [-0.39, 0.29) is 42.7 Å². The number of halogens is 1. The molecule has 0 radical (unpaired) electrons. The number of carbonyl (C=O) groups is 3. The van der Waals surface area contributed by atoms with Crippen LogP contribution in [-0.4, -0.2) is 76.5 Å². The summed E-state index contributed by atoms with van der Waals surface area (Å²) in [6, 6.07) is 4.86. The number of aryl methyl sites for hydroxylation is 1. The van der Waals surface area contributed by atoms with Gasteiger partial charge in [-0.25, -0.2) is 14.2 Å². The van der Waals surface area contributed by atoms with Crippen LogP contribution in [0.5, 0.6) is 0 Å². The monoisotopic (exact) mass is 582 g/mol. The summed E-state index contributed by atoms with van der Waals surface area (Å²) in [5, 5.41) is 2.58. The fourth-order valence-electron chi connectivity index (χ4n) is 4.26. The average molecular weight is 583 g/mol. The molecule has 0 fully saturated rings. The number of allylic oxidation sites excluding steroid dienone is 1. The van der Waals surface area contributed by atoms with Gasteiger partial charge in [0, 0.05) is 45.6 Å². The third kappa shape index (κ3) is 8.05. The van der Waals surface area contributed by atoms with E-state index in [0.717, 1.165) is 0 Å². The third-order valence-electron chi connectivity index (χ3n) is 6.45. The van der Waals surface area contributed by atoms with Crippen LogP contribution in [0.4, 0.5) is 14.9 Å². The van der Waals surface area contributed by atoms with E-state index in [1.54, 1.807) is 45.4 Å². The van der Waals surface area contributed by atoms with Crippen molar-refractivity contribution < 1.29 is 23.5 Å². The Hall–Kier alpha value is -4.48. The molecular weight excluding hydrogens is 543 g/mol. The maximum absolute atomic E-state index is 14.9.